The van der Waals surface area contributed by atoms with E-state index in [1.54, 1.807) is 0 Å². The fourth-order valence-electron chi connectivity index (χ4n) is 0. The summed E-state index contributed by atoms with van der Waals surface area (Å²) < 4.78 is 0. The predicted octanol–water partition coefficient (Wildman–Crippen LogP) is 0.851. The van der Waals surface area contributed by atoms with E-state index >= 15 is 0 Å². The summed E-state index contributed by atoms with van der Waals surface area (Å²) in [6.07, 6.45) is 1.51. The normalized spacial score (nSPS) is 5.00. The van der Waals surface area contributed by atoms with Crippen LogP contribution in [0.5, 0.6) is 0 Å². The third kappa shape index (κ3) is 11.2. The molecular formula is C3H5CeN-2. The van der Waals surface area contributed by atoms with Crippen LogP contribution in [-0.4, -0.2) is 6.21 Å². The molecule has 0 aromatic rings. The van der Waals surface area contributed by atoms with Gasteiger partial charge in [-0.15, -0.1) is 0 Å². The summed E-state index contributed by atoms with van der Waals surface area (Å²) in [6, 6.07) is 0. The van der Waals surface area contributed by atoms with Crippen LogP contribution in [0.4, 0.5) is 0 Å². The Bertz CT molecular complexity index is 20.9. The van der Waals surface area contributed by atoms with Crippen LogP contribution in [0.3, 0.4) is 0 Å². The Morgan fingerprint density at radius 1 is 1.80 bits per heavy atom. The van der Waals surface area contributed by atoms with Crippen LogP contribution < -0.4 is 0 Å². The van der Waals surface area contributed by atoms with Crippen LogP contribution >= 0.6 is 0 Å². The van der Waals surface area contributed by atoms with E-state index in [0.717, 1.165) is 6.21 Å². The first-order valence-corrected chi connectivity index (χ1v) is 1.17. The molecule has 0 aromatic carbocycles. The van der Waals surface area contributed by atoms with E-state index < -0.39 is 0 Å². The van der Waals surface area contributed by atoms with Crippen LogP contribution in [-0.2, 0) is 0 Å². The van der Waals surface area contributed by atoms with Crippen molar-refractivity contribution < 1.29 is 41.7 Å². The largest absolute Gasteiger partial charge is 0.816 e. The molecule has 0 rings (SSSR count). The molecule has 0 atom stereocenters. The summed E-state index contributed by atoms with van der Waals surface area (Å²) >= 11 is 0. The molecule has 0 aliphatic rings. The quantitative estimate of drug-likeness (QED) is 0.437. The van der Waals surface area contributed by atoms with Crippen molar-refractivity contribution in [2.45, 2.75) is 6.42 Å². The van der Waals surface area contributed by atoms with Crippen molar-refractivity contribution in [3.8, 4) is 0 Å². The van der Waals surface area contributed by atoms with Gasteiger partial charge in [0.15, 0.2) is 0 Å². The molecule has 0 fully saturated rings. The van der Waals surface area contributed by atoms with Crippen LogP contribution in [0.15, 0.2) is 0 Å². The average molecular weight is 195 g/mol. The van der Waals surface area contributed by atoms with Crippen molar-refractivity contribution >= 4 is 6.21 Å². The molecule has 0 aromatic heterocycles. The van der Waals surface area contributed by atoms with Gasteiger partial charge in [0.1, 0.15) is 0 Å². The minimum atomic E-state index is 0. The summed E-state index contributed by atoms with van der Waals surface area (Å²) in [4.78, 5) is 0. The molecule has 0 saturated heterocycles. The monoisotopic (exact) mass is 195 g/mol. The van der Waals surface area contributed by atoms with E-state index in [1.165, 1.54) is 0 Å². The summed E-state index contributed by atoms with van der Waals surface area (Å²) in [6.45, 7) is 3.30. The molecule has 0 spiro atoms. The maximum atomic E-state index is 7.69. The second-order valence-electron chi connectivity index (χ2n) is 0.471. The Balaban J connectivity index is 0. The number of hydrogen-bond donors (Lipinski definition) is 0. The first-order chi connectivity index (χ1) is 1.91. The van der Waals surface area contributed by atoms with E-state index in [1.807, 2.05) is 0 Å². The zero-order chi connectivity index (χ0) is 3.41. The van der Waals surface area contributed by atoms with Crippen LogP contribution in [0.25, 0.3) is 5.41 Å². The first kappa shape index (κ1) is 9.40. The molecule has 0 radical (unpaired) electrons. The van der Waals surface area contributed by atoms with Crippen LogP contribution in [0.1, 0.15) is 6.42 Å². The van der Waals surface area contributed by atoms with Crippen molar-refractivity contribution in [2.24, 2.45) is 0 Å². The fourth-order valence-corrected chi connectivity index (χ4v) is 0. The minimum absolute atomic E-state index is 0. The minimum Gasteiger partial charge on any atom is -0.816 e. The number of rotatable bonds is 1. The van der Waals surface area contributed by atoms with Gasteiger partial charge in [0, 0.05) is 41.7 Å². The molecule has 0 N–H and O–H groups in total. The van der Waals surface area contributed by atoms with Crippen molar-refractivity contribution in [3.05, 3.63) is 12.3 Å². The SMILES string of the molecule is [CH2-]CC=[N-].[Ce]. The van der Waals surface area contributed by atoms with Crippen LogP contribution in [0.2, 0.25) is 0 Å². The molecule has 0 heterocycles. The molecular weight excluding hydrogens is 190 g/mol. The maximum Gasteiger partial charge on any atom is 0 e. The van der Waals surface area contributed by atoms with Crippen molar-refractivity contribution in [3.63, 3.8) is 0 Å². The van der Waals surface area contributed by atoms with Crippen molar-refractivity contribution in [2.75, 3.05) is 0 Å². The Morgan fingerprint density at radius 3 is 2.00 bits per heavy atom. The first-order valence-electron chi connectivity index (χ1n) is 1.17. The molecule has 1 nitrogen and oxygen atoms in total. The topological polar surface area (TPSA) is 22.3 Å². The van der Waals surface area contributed by atoms with E-state index in [9.17, 15) is 0 Å². The summed E-state index contributed by atoms with van der Waals surface area (Å²) in [5.41, 5.74) is 0. The average Bonchev–Trinajstić information content (AvgIpc) is 1.37. The molecule has 0 aliphatic heterocycles. The Labute approximate surface area is 66.0 Å². The van der Waals surface area contributed by atoms with Crippen molar-refractivity contribution in [1.82, 2.24) is 0 Å². The van der Waals surface area contributed by atoms with E-state index in [4.69, 9.17) is 5.41 Å². The Kier molecular flexibility index (Phi) is 16.7. The standard InChI is InChI=1S/C3H5N.Ce/c1-2-3-4;/h3H,1-2H2;/q-2;. The van der Waals surface area contributed by atoms with Gasteiger partial charge in [-0.1, -0.05) is 0 Å². The van der Waals surface area contributed by atoms with Gasteiger partial charge >= 0.3 is 0 Å². The van der Waals surface area contributed by atoms with Gasteiger partial charge in [-0.2, -0.15) is 6.42 Å². The van der Waals surface area contributed by atoms with Crippen LogP contribution in [0, 0.1) is 48.7 Å². The molecule has 28 valence electrons. The molecule has 5 heavy (non-hydrogen) atoms. The zero-order valence-electron chi connectivity index (χ0n) is 2.94. The number of nitrogens with zero attached hydrogens (tertiary/aromatic N) is 1. The van der Waals surface area contributed by atoms with Gasteiger partial charge in [0.2, 0.25) is 0 Å². The molecule has 0 unspecified atom stereocenters. The fraction of sp³-hybridized carbons (Fsp3) is 0.333. The Hall–Kier alpha value is 1.05. The van der Waals surface area contributed by atoms with Gasteiger partial charge < -0.3 is 12.3 Å². The van der Waals surface area contributed by atoms with Gasteiger partial charge in [-0.3, -0.25) is 0 Å². The van der Waals surface area contributed by atoms with E-state index in [0.29, 0.717) is 6.42 Å². The second-order valence-corrected chi connectivity index (χ2v) is 0.471. The maximum absolute atomic E-state index is 7.69. The van der Waals surface area contributed by atoms with E-state index in [2.05, 4.69) is 6.92 Å². The third-order valence-electron chi connectivity index (χ3n) is 0.129. The molecule has 0 aliphatic carbocycles. The van der Waals surface area contributed by atoms with Crippen molar-refractivity contribution in [1.29, 1.82) is 0 Å². The second kappa shape index (κ2) is 8.90. The van der Waals surface area contributed by atoms with Gasteiger partial charge in [-0.05, 0) is 0 Å². The molecule has 0 bridgehead atoms. The van der Waals surface area contributed by atoms with Gasteiger partial charge in [0.25, 0.3) is 0 Å². The molecule has 0 saturated carbocycles. The third-order valence-corrected chi connectivity index (χ3v) is 0.129. The van der Waals surface area contributed by atoms with E-state index in [-0.39, 0.29) is 41.7 Å². The summed E-state index contributed by atoms with van der Waals surface area (Å²) in [5.74, 6) is 0. The van der Waals surface area contributed by atoms with Gasteiger partial charge in [-0.25, -0.2) is 6.21 Å². The summed E-state index contributed by atoms with van der Waals surface area (Å²) in [5, 5.41) is 7.69. The zero-order valence-corrected chi connectivity index (χ0v) is 6.08. The molecule has 2 heteroatoms. The van der Waals surface area contributed by atoms with Gasteiger partial charge in [0.05, 0.1) is 0 Å². The number of hydrogen-bond acceptors (Lipinski definition) is 0. The molecule has 0 amide bonds. The predicted molar refractivity (Wildman–Crippen MR) is 19.4 cm³/mol. The summed E-state index contributed by atoms with van der Waals surface area (Å²) in [7, 11) is 0. The Morgan fingerprint density at radius 2 is 2.00 bits per heavy atom. The smallest absolute Gasteiger partial charge is 0 e.